The first-order chi connectivity index (χ1) is 7.31. The zero-order valence-electron chi connectivity index (χ0n) is 8.92. The summed E-state index contributed by atoms with van der Waals surface area (Å²) >= 11 is 5.20. The highest BCUT2D eigenvalue weighted by atomic mass is 32.1. The van der Waals surface area contributed by atoms with Crippen LogP contribution in [-0.4, -0.2) is 11.7 Å². The van der Waals surface area contributed by atoms with Gasteiger partial charge in [-0.25, -0.2) is 0 Å². The average Bonchev–Trinajstić information content (AvgIpc) is 2.62. The molecule has 0 bridgehead atoms. The highest BCUT2D eigenvalue weighted by Gasteiger charge is 2.21. The Morgan fingerprint density at radius 1 is 1.47 bits per heavy atom. The maximum atomic E-state index is 5.20. The van der Waals surface area contributed by atoms with E-state index in [0.717, 1.165) is 24.5 Å². The number of hydrogen-bond acceptors (Lipinski definition) is 1. The molecule has 0 saturated heterocycles. The highest BCUT2D eigenvalue weighted by molar-refractivity contribution is 7.80. The maximum Gasteiger partial charge on any atom is 0.166 e. The quantitative estimate of drug-likeness (QED) is 0.747. The van der Waals surface area contributed by atoms with Gasteiger partial charge in [-0.15, -0.1) is 0 Å². The van der Waals surface area contributed by atoms with Crippen LogP contribution in [0.1, 0.15) is 30.5 Å². The molecule has 1 atom stereocenters. The van der Waals surface area contributed by atoms with Gasteiger partial charge in [-0.2, -0.15) is 0 Å². The summed E-state index contributed by atoms with van der Waals surface area (Å²) in [5.41, 5.74) is 2.85. The van der Waals surface area contributed by atoms with Crippen LogP contribution in [0.5, 0.6) is 0 Å². The van der Waals surface area contributed by atoms with Crippen molar-refractivity contribution in [1.82, 2.24) is 10.6 Å². The van der Waals surface area contributed by atoms with Crippen molar-refractivity contribution >= 4 is 17.3 Å². The number of rotatable bonds is 2. The van der Waals surface area contributed by atoms with Crippen LogP contribution >= 0.6 is 12.2 Å². The van der Waals surface area contributed by atoms with Crippen molar-refractivity contribution in [3.63, 3.8) is 0 Å². The summed E-state index contributed by atoms with van der Waals surface area (Å²) in [4.78, 5) is 0. The summed E-state index contributed by atoms with van der Waals surface area (Å²) < 4.78 is 0. The molecule has 0 heterocycles. The lowest BCUT2D eigenvalue weighted by Crippen LogP contribution is -2.36. The second-order valence-electron chi connectivity index (χ2n) is 3.79. The van der Waals surface area contributed by atoms with Crippen LogP contribution < -0.4 is 10.6 Å². The first-order valence-electron chi connectivity index (χ1n) is 5.43. The Kier molecular flexibility index (Phi) is 3.21. The van der Waals surface area contributed by atoms with Crippen LogP contribution in [0.4, 0.5) is 0 Å². The van der Waals surface area contributed by atoms with Crippen molar-refractivity contribution in [2.24, 2.45) is 0 Å². The molecule has 2 rings (SSSR count). The molecule has 2 nitrogen and oxygen atoms in total. The summed E-state index contributed by atoms with van der Waals surface area (Å²) in [6.07, 6.45) is 2.30. The fourth-order valence-corrected chi connectivity index (χ4v) is 2.36. The van der Waals surface area contributed by atoms with Crippen molar-refractivity contribution in [1.29, 1.82) is 0 Å². The molecule has 3 heteroatoms. The Morgan fingerprint density at radius 3 is 3.07 bits per heavy atom. The van der Waals surface area contributed by atoms with Gasteiger partial charge >= 0.3 is 0 Å². The molecule has 1 aromatic rings. The molecule has 15 heavy (non-hydrogen) atoms. The normalized spacial score (nSPS) is 18.3. The van der Waals surface area contributed by atoms with Crippen LogP contribution in [0.2, 0.25) is 0 Å². The van der Waals surface area contributed by atoms with E-state index in [-0.39, 0.29) is 0 Å². The van der Waals surface area contributed by atoms with Crippen LogP contribution in [0.25, 0.3) is 0 Å². The number of nitrogens with one attached hydrogen (secondary N) is 2. The summed E-state index contributed by atoms with van der Waals surface area (Å²) in [5, 5.41) is 7.24. The van der Waals surface area contributed by atoms with Gasteiger partial charge in [-0.3, -0.25) is 0 Å². The lowest BCUT2D eigenvalue weighted by Gasteiger charge is -2.16. The van der Waals surface area contributed by atoms with E-state index in [0.29, 0.717) is 6.04 Å². The molecule has 1 aromatic carbocycles. The third-order valence-electron chi connectivity index (χ3n) is 2.78. The van der Waals surface area contributed by atoms with Gasteiger partial charge < -0.3 is 10.6 Å². The average molecular weight is 220 g/mol. The Morgan fingerprint density at radius 2 is 2.27 bits per heavy atom. The van der Waals surface area contributed by atoms with Crippen molar-refractivity contribution in [2.75, 3.05) is 6.54 Å². The molecule has 2 N–H and O–H groups in total. The second kappa shape index (κ2) is 4.62. The van der Waals surface area contributed by atoms with Crippen LogP contribution in [0.15, 0.2) is 24.3 Å². The molecule has 0 radical (unpaired) electrons. The first kappa shape index (κ1) is 10.4. The minimum Gasteiger partial charge on any atom is -0.363 e. The Hall–Kier alpha value is -1.09. The fourth-order valence-electron chi connectivity index (χ4n) is 2.08. The van der Waals surface area contributed by atoms with E-state index in [1.54, 1.807) is 0 Å². The lowest BCUT2D eigenvalue weighted by molar-refractivity contribution is 0.632. The van der Waals surface area contributed by atoms with E-state index < -0.39 is 0 Å². The molecule has 1 aliphatic carbocycles. The summed E-state index contributed by atoms with van der Waals surface area (Å²) in [7, 11) is 0. The number of aryl methyl sites for hydroxylation is 1. The summed E-state index contributed by atoms with van der Waals surface area (Å²) in [6.45, 7) is 2.93. The Bertz CT molecular complexity index is 362. The van der Waals surface area contributed by atoms with Crippen molar-refractivity contribution in [2.45, 2.75) is 25.8 Å². The van der Waals surface area contributed by atoms with Gasteiger partial charge in [0.2, 0.25) is 0 Å². The highest BCUT2D eigenvalue weighted by Crippen LogP contribution is 2.30. The first-order valence-corrected chi connectivity index (χ1v) is 5.84. The van der Waals surface area contributed by atoms with Gasteiger partial charge in [0, 0.05) is 6.54 Å². The van der Waals surface area contributed by atoms with Crippen LogP contribution in [-0.2, 0) is 6.42 Å². The van der Waals surface area contributed by atoms with Crippen molar-refractivity contribution in [3.8, 4) is 0 Å². The SMILES string of the molecule is CCNC(=S)NC1CCc2ccccc21. The minimum atomic E-state index is 0.396. The van der Waals surface area contributed by atoms with E-state index in [1.807, 2.05) is 0 Å². The van der Waals surface area contributed by atoms with E-state index in [2.05, 4.69) is 41.8 Å². The van der Waals surface area contributed by atoms with E-state index in [4.69, 9.17) is 12.2 Å². The molecular formula is C12H16N2S. The zero-order chi connectivity index (χ0) is 10.7. The van der Waals surface area contributed by atoms with Gasteiger partial charge in [0.1, 0.15) is 0 Å². The molecule has 1 unspecified atom stereocenters. The fraction of sp³-hybridized carbons (Fsp3) is 0.417. The molecule has 0 amide bonds. The third kappa shape index (κ3) is 2.29. The Labute approximate surface area is 96.1 Å². The molecule has 0 aromatic heterocycles. The van der Waals surface area contributed by atoms with Gasteiger partial charge in [-0.1, -0.05) is 24.3 Å². The predicted octanol–water partition coefficient (Wildman–Crippen LogP) is 2.16. The molecule has 0 saturated carbocycles. The van der Waals surface area contributed by atoms with Crippen LogP contribution in [0, 0.1) is 0 Å². The standard InChI is InChI=1S/C12H16N2S/c1-2-13-12(15)14-11-8-7-9-5-3-4-6-10(9)11/h3-6,11H,2,7-8H2,1H3,(H2,13,14,15). The monoisotopic (exact) mass is 220 g/mol. The number of thiocarbonyl (C=S) groups is 1. The summed E-state index contributed by atoms with van der Waals surface area (Å²) in [6, 6.07) is 8.98. The molecule has 80 valence electrons. The minimum absolute atomic E-state index is 0.396. The molecule has 1 aliphatic rings. The molecular weight excluding hydrogens is 204 g/mol. The second-order valence-corrected chi connectivity index (χ2v) is 4.20. The third-order valence-corrected chi connectivity index (χ3v) is 3.04. The van der Waals surface area contributed by atoms with Gasteiger partial charge in [0.25, 0.3) is 0 Å². The predicted molar refractivity (Wildman–Crippen MR) is 66.9 cm³/mol. The molecule has 0 spiro atoms. The number of fused-ring (bicyclic) bond motifs is 1. The Balaban J connectivity index is 2.04. The van der Waals surface area contributed by atoms with E-state index >= 15 is 0 Å². The zero-order valence-corrected chi connectivity index (χ0v) is 9.73. The van der Waals surface area contributed by atoms with Gasteiger partial charge in [0.05, 0.1) is 6.04 Å². The molecule has 0 aliphatic heterocycles. The number of benzene rings is 1. The number of hydrogen-bond donors (Lipinski definition) is 2. The molecule has 0 fully saturated rings. The van der Waals surface area contributed by atoms with Crippen LogP contribution in [0.3, 0.4) is 0 Å². The smallest absolute Gasteiger partial charge is 0.166 e. The lowest BCUT2D eigenvalue weighted by atomic mass is 10.1. The largest absolute Gasteiger partial charge is 0.363 e. The van der Waals surface area contributed by atoms with Crippen molar-refractivity contribution < 1.29 is 0 Å². The van der Waals surface area contributed by atoms with E-state index in [9.17, 15) is 0 Å². The van der Waals surface area contributed by atoms with E-state index in [1.165, 1.54) is 11.1 Å². The summed E-state index contributed by atoms with van der Waals surface area (Å²) in [5.74, 6) is 0. The van der Waals surface area contributed by atoms with Gasteiger partial charge in [-0.05, 0) is 43.1 Å². The maximum absolute atomic E-state index is 5.20. The van der Waals surface area contributed by atoms with Crippen molar-refractivity contribution in [3.05, 3.63) is 35.4 Å². The van der Waals surface area contributed by atoms with Gasteiger partial charge in [0.15, 0.2) is 5.11 Å². The topological polar surface area (TPSA) is 24.1 Å².